The van der Waals surface area contributed by atoms with E-state index in [1.54, 1.807) is 12.0 Å². The van der Waals surface area contributed by atoms with Crippen LogP contribution in [0.3, 0.4) is 0 Å². The lowest BCUT2D eigenvalue weighted by Crippen LogP contribution is -2.61. The Balaban J connectivity index is 1.44. The number of carbonyl (C=O) groups excluding carboxylic acids is 3. The van der Waals surface area contributed by atoms with Crippen LogP contribution in [0.25, 0.3) is 43.6 Å². The molecule has 3 amide bonds. The third kappa shape index (κ3) is 2.93. The van der Waals surface area contributed by atoms with Crippen molar-refractivity contribution in [3.05, 3.63) is 95.6 Å². The van der Waals surface area contributed by atoms with Crippen molar-refractivity contribution in [2.24, 2.45) is 0 Å². The van der Waals surface area contributed by atoms with Crippen LogP contribution in [0.15, 0.2) is 78.9 Å². The van der Waals surface area contributed by atoms with Crippen LogP contribution in [0.5, 0.6) is 0 Å². The van der Waals surface area contributed by atoms with Gasteiger partial charge in [0.25, 0.3) is 17.7 Å². The largest absolute Gasteiger partial charge is 0.374 e. The molecule has 218 valence electrons. The van der Waals surface area contributed by atoms with Gasteiger partial charge in [0.1, 0.15) is 12.3 Å². The van der Waals surface area contributed by atoms with Gasteiger partial charge < -0.3 is 23.5 Å². The molecule has 0 radical (unpaired) electrons. The lowest BCUT2D eigenvalue weighted by molar-refractivity contribution is -0.264. The van der Waals surface area contributed by atoms with Crippen LogP contribution in [0.1, 0.15) is 50.6 Å². The van der Waals surface area contributed by atoms with Gasteiger partial charge in [-0.15, -0.1) is 0 Å². The van der Waals surface area contributed by atoms with Gasteiger partial charge in [0.05, 0.1) is 39.2 Å². The van der Waals surface area contributed by atoms with Gasteiger partial charge in [-0.05, 0) is 31.2 Å². The van der Waals surface area contributed by atoms with Crippen LogP contribution in [0, 0.1) is 0 Å². The number of amides is 3. The van der Waals surface area contributed by atoms with Crippen LogP contribution < -0.4 is 5.32 Å². The molecule has 5 heterocycles. The van der Waals surface area contributed by atoms with Gasteiger partial charge in [-0.25, -0.2) is 0 Å². The highest BCUT2D eigenvalue weighted by Gasteiger charge is 2.55. The lowest BCUT2D eigenvalue weighted by Gasteiger charge is -2.50. The van der Waals surface area contributed by atoms with Crippen molar-refractivity contribution in [2.75, 3.05) is 14.2 Å². The topological polar surface area (TPSA) is 94.8 Å². The highest BCUT2D eigenvalue weighted by atomic mass is 16.6. The summed E-state index contributed by atoms with van der Waals surface area (Å²) >= 11 is 0. The molecule has 9 heteroatoms. The fourth-order valence-electron chi connectivity index (χ4n) is 8.25. The fourth-order valence-corrected chi connectivity index (χ4v) is 8.25. The predicted molar refractivity (Wildman–Crippen MR) is 166 cm³/mol. The zero-order valence-electron chi connectivity index (χ0n) is 24.3. The Bertz CT molecular complexity index is 2270. The SMILES string of the molecule is CO[C@H]1[C@@H](N(C)C(=O)c2ccccc2)C[C@H]2O[C@]1(C)n1c3ccccc3c3c4c(c5c6ccccc6n2c5c31)C(=O)NC4=O. The summed E-state index contributed by atoms with van der Waals surface area (Å²) in [7, 11) is 3.48. The standard InChI is InChI=1S/C35H28N4O5/c1-35-31(43-3)23(37(2)34(42)18-11-5-4-6-12-18)17-24(44-35)38-21-15-9-7-13-19(21)25-27-28(33(41)36-32(27)40)26-20-14-8-10-16-22(20)39(35)30(26)29(25)38/h4-16,23-24,31H,17H2,1-3H3,(H,36,40,41)/t23-,24+,31-,35-/m0/s1. The molecule has 0 aliphatic carbocycles. The Labute approximate surface area is 251 Å². The number of benzene rings is 4. The van der Waals surface area contributed by atoms with E-state index in [2.05, 4.69) is 14.5 Å². The number of nitrogens with zero attached hydrogens (tertiary/aromatic N) is 3. The number of imide groups is 1. The quantitative estimate of drug-likeness (QED) is 0.276. The highest BCUT2D eigenvalue weighted by molar-refractivity contribution is 6.39. The molecule has 3 aliphatic rings. The summed E-state index contributed by atoms with van der Waals surface area (Å²) in [5, 5.41) is 5.74. The summed E-state index contributed by atoms with van der Waals surface area (Å²) in [5.74, 6) is -0.908. The molecule has 1 saturated heterocycles. The first-order valence-corrected chi connectivity index (χ1v) is 14.8. The Kier molecular flexibility index (Phi) is 4.96. The second-order valence-corrected chi connectivity index (χ2v) is 12.1. The molecular weight excluding hydrogens is 556 g/mol. The highest BCUT2D eigenvalue weighted by Crippen LogP contribution is 2.54. The summed E-state index contributed by atoms with van der Waals surface area (Å²) in [4.78, 5) is 42.7. The molecular formula is C35H28N4O5. The first-order valence-electron chi connectivity index (χ1n) is 14.8. The molecule has 4 atom stereocenters. The summed E-state index contributed by atoms with van der Waals surface area (Å²) in [6, 6.07) is 24.7. The van der Waals surface area contributed by atoms with Gasteiger partial charge in [-0.3, -0.25) is 19.7 Å². The Morgan fingerprint density at radius 1 is 0.886 bits per heavy atom. The number of hydrogen-bond acceptors (Lipinski definition) is 5. The Hall–Kier alpha value is -4.99. The zero-order valence-corrected chi connectivity index (χ0v) is 24.3. The zero-order chi connectivity index (χ0) is 30.1. The van der Waals surface area contributed by atoms with Crippen LogP contribution in [0.4, 0.5) is 0 Å². The maximum atomic E-state index is 13.9. The number of methoxy groups -OCH3 is 1. The first-order chi connectivity index (χ1) is 21.3. The Morgan fingerprint density at radius 2 is 1.48 bits per heavy atom. The second kappa shape index (κ2) is 8.56. The van der Waals surface area contributed by atoms with E-state index in [9.17, 15) is 14.4 Å². The normalized spacial score (nSPS) is 23.9. The number of likely N-dealkylation sites (N-methyl/N-ethyl adjacent to an activating group) is 1. The molecule has 1 fully saturated rings. The van der Waals surface area contributed by atoms with E-state index in [0.717, 1.165) is 38.2 Å². The number of carbonyl (C=O) groups is 3. The number of rotatable bonds is 3. The monoisotopic (exact) mass is 584 g/mol. The number of aromatic nitrogens is 2. The Morgan fingerprint density at radius 3 is 2.16 bits per heavy atom. The molecule has 0 saturated carbocycles. The van der Waals surface area contributed by atoms with Gasteiger partial charge in [0.15, 0.2) is 5.72 Å². The molecule has 2 aromatic heterocycles. The molecule has 0 unspecified atom stereocenters. The van der Waals surface area contributed by atoms with Crippen molar-refractivity contribution < 1.29 is 23.9 Å². The average Bonchev–Trinajstić information content (AvgIpc) is 3.65. The van der Waals surface area contributed by atoms with Gasteiger partial charge in [0.2, 0.25) is 0 Å². The number of ether oxygens (including phenoxy) is 2. The van der Waals surface area contributed by atoms with Gasteiger partial charge >= 0.3 is 0 Å². The summed E-state index contributed by atoms with van der Waals surface area (Å²) in [5.41, 5.74) is 3.66. The van der Waals surface area contributed by atoms with Crippen LogP contribution in [-0.4, -0.2) is 58.1 Å². The molecule has 0 spiro atoms. The van der Waals surface area contributed by atoms with E-state index in [1.165, 1.54) is 0 Å². The maximum Gasteiger partial charge on any atom is 0.259 e. The molecule has 4 aromatic carbocycles. The van der Waals surface area contributed by atoms with Gasteiger partial charge in [0, 0.05) is 47.7 Å². The number of para-hydroxylation sites is 2. The smallest absolute Gasteiger partial charge is 0.259 e. The van der Waals surface area contributed by atoms with Crippen molar-refractivity contribution >= 4 is 61.3 Å². The molecule has 1 N–H and O–H groups in total. The molecule has 2 bridgehead atoms. The summed E-state index contributed by atoms with van der Waals surface area (Å²) < 4.78 is 17.8. The predicted octanol–water partition coefficient (Wildman–Crippen LogP) is 5.55. The molecule has 6 aromatic rings. The average molecular weight is 585 g/mol. The van der Waals surface area contributed by atoms with Crippen LogP contribution in [0.2, 0.25) is 0 Å². The van der Waals surface area contributed by atoms with E-state index in [1.807, 2.05) is 92.8 Å². The van der Waals surface area contributed by atoms with E-state index in [0.29, 0.717) is 28.5 Å². The minimum atomic E-state index is -1.10. The van der Waals surface area contributed by atoms with Gasteiger partial charge in [-0.1, -0.05) is 54.6 Å². The molecule has 9 nitrogen and oxygen atoms in total. The molecule has 44 heavy (non-hydrogen) atoms. The van der Waals surface area contributed by atoms with Crippen LogP contribution in [-0.2, 0) is 15.2 Å². The third-order valence-corrected chi connectivity index (χ3v) is 9.96. The minimum absolute atomic E-state index is 0.108. The van der Waals surface area contributed by atoms with Crippen molar-refractivity contribution in [1.29, 1.82) is 0 Å². The number of nitrogens with one attached hydrogen (secondary N) is 1. The van der Waals surface area contributed by atoms with Crippen molar-refractivity contribution in [3.8, 4) is 0 Å². The van der Waals surface area contributed by atoms with E-state index in [-0.39, 0.29) is 11.9 Å². The van der Waals surface area contributed by atoms with Crippen molar-refractivity contribution in [3.63, 3.8) is 0 Å². The van der Waals surface area contributed by atoms with Crippen LogP contribution >= 0.6 is 0 Å². The molecule has 9 rings (SSSR count). The summed E-state index contributed by atoms with van der Waals surface area (Å²) in [6.07, 6.45) is -0.640. The maximum absolute atomic E-state index is 13.9. The lowest BCUT2D eigenvalue weighted by atomic mass is 9.91. The summed E-state index contributed by atoms with van der Waals surface area (Å²) in [6.45, 7) is 2.01. The van der Waals surface area contributed by atoms with E-state index in [4.69, 9.17) is 9.47 Å². The fraction of sp³-hybridized carbons (Fsp3) is 0.229. The number of hydrogen-bond donors (Lipinski definition) is 1. The number of fused-ring (bicyclic) bond motifs is 13. The molecule has 3 aliphatic heterocycles. The third-order valence-electron chi connectivity index (χ3n) is 9.96. The minimum Gasteiger partial charge on any atom is -0.374 e. The van der Waals surface area contributed by atoms with E-state index < -0.39 is 29.9 Å². The van der Waals surface area contributed by atoms with Gasteiger partial charge in [-0.2, -0.15) is 0 Å². The first kappa shape index (κ1) is 25.5. The van der Waals surface area contributed by atoms with Crippen molar-refractivity contribution in [1.82, 2.24) is 19.4 Å². The van der Waals surface area contributed by atoms with Crippen molar-refractivity contribution in [2.45, 2.75) is 37.4 Å². The van der Waals surface area contributed by atoms with E-state index >= 15 is 0 Å². The second-order valence-electron chi connectivity index (χ2n) is 12.1.